The van der Waals surface area contributed by atoms with E-state index in [-0.39, 0.29) is 5.97 Å². The molecule has 26 heavy (non-hydrogen) atoms. The van der Waals surface area contributed by atoms with E-state index in [4.69, 9.17) is 4.74 Å². The summed E-state index contributed by atoms with van der Waals surface area (Å²) in [5.74, 6) is -0.367. The molecule has 0 N–H and O–H groups in total. The third-order valence-corrected chi connectivity index (χ3v) is 9.20. The van der Waals surface area contributed by atoms with Crippen LogP contribution in [0.1, 0.15) is 27.0 Å². The van der Waals surface area contributed by atoms with Crippen molar-refractivity contribution < 1.29 is 9.53 Å². The fraction of sp³-hybridized carbons (Fsp3) is 0.0500. The molecule has 0 unspecified atom stereocenters. The minimum absolute atomic E-state index is 0.367. The molecule has 0 spiro atoms. The molecule has 0 aliphatic carbocycles. The monoisotopic (exact) mass is 598 g/mol. The van der Waals surface area contributed by atoms with Crippen LogP contribution in [0.5, 0.6) is 0 Å². The quantitative estimate of drug-likeness (QED) is 0.176. The van der Waals surface area contributed by atoms with Gasteiger partial charge in [-0.05, 0) is 63.7 Å². The molecular weight excluding hydrogens is 592 g/mol. The van der Waals surface area contributed by atoms with Gasteiger partial charge in [-0.2, -0.15) is 0 Å². The van der Waals surface area contributed by atoms with Gasteiger partial charge >= 0.3 is 5.97 Å². The molecular formula is C20H10Br4O2. The maximum Gasteiger partial charge on any atom is 0.341 e. The van der Waals surface area contributed by atoms with E-state index in [0.29, 0.717) is 10.0 Å². The fourth-order valence-electron chi connectivity index (χ4n) is 3.31. The summed E-state index contributed by atoms with van der Waals surface area (Å²) < 4.78 is 9.15. The van der Waals surface area contributed by atoms with Gasteiger partial charge in [-0.1, -0.05) is 60.7 Å². The first-order valence-electron chi connectivity index (χ1n) is 7.69. The minimum Gasteiger partial charge on any atom is -0.441 e. The summed E-state index contributed by atoms with van der Waals surface area (Å²) in [4.78, 5) is 13.0. The summed E-state index contributed by atoms with van der Waals surface area (Å²) in [7, 11) is 0. The number of rotatable bonds is 2. The summed E-state index contributed by atoms with van der Waals surface area (Å²) in [6.45, 7) is 0. The highest BCUT2D eigenvalue weighted by Gasteiger charge is 2.51. The van der Waals surface area contributed by atoms with E-state index in [2.05, 4.69) is 63.7 Å². The fourth-order valence-corrected chi connectivity index (χ4v) is 5.87. The Labute approximate surface area is 184 Å². The molecule has 0 bridgehead atoms. The maximum atomic E-state index is 13.0. The summed E-state index contributed by atoms with van der Waals surface area (Å²) in [6, 6.07) is 19.6. The summed E-state index contributed by atoms with van der Waals surface area (Å²) in [5, 5.41) is 0. The second-order valence-electron chi connectivity index (χ2n) is 5.81. The normalized spacial score (nSPS) is 14.8. The molecule has 130 valence electrons. The van der Waals surface area contributed by atoms with Gasteiger partial charge in [-0.15, -0.1) is 0 Å². The van der Waals surface area contributed by atoms with Crippen LogP contribution < -0.4 is 0 Å². The van der Waals surface area contributed by atoms with Crippen molar-refractivity contribution in [2.75, 3.05) is 0 Å². The Hall–Kier alpha value is -0.950. The van der Waals surface area contributed by atoms with Crippen molar-refractivity contribution in [1.82, 2.24) is 0 Å². The van der Waals surface area contributed by atoms with Crippen molar-refractivity contribution in [2.45, 2.75) is 5.60 Å². The molecule has 6 heteroatoms. The lowest BCUT2D eigenvalue weighted by molar-refractivity contribution is 0.0249. The van der Waals surface area contributed by atoms with Crippen LogP contribution >= 0.6 is 63.7 Å². The van der Waals surface area contributed by atoms with Crippen LogP contribution in [0, 0.1) is 0 Å². The van der Waals surface area contributed by atoms with Gasteiger partial charge in [0, 0.05) is 34.6 Å². The lowest BCUT2D eigenvalue weighted by Crippen LogP contribution is -2.29. The first kappa shape index (κ1) is 18.4. The topological polar surface area (TPSA) is 26.3 Å². The van der Waals surface area contributed by atoms with Gasteiger partial charge in [-0.3, -0.25) is 0 Å². The van der Waals surface area contributed by atoms with Gasteiger partial charge in [0.05, 0.1) is 5.56 Å². The molecule has 0 saturated heterocycles. The molecule has 0 aromatic heterocycles. The number of ether oxygens (including phenoxy) is 1. The number of cyclic esters (lactones) is 1. The average molecular weight is 602 g/mol. The molecule has 3 aromatic rings. The Morgan fingerprint density at radius 2 is 1.12 bits per heavy atom. The van der Waals surface area contributed by atoms with Crippen molar-refractivity contribution in [3.8, 4) is 0 Å². The molecule has 1 heterocycles. The zero-order chi connectivity index (χ0) is 18.5. The molecule has 0 atom stereocenters. The van der Waals surface area contributed by atoms with E-state index in [1.54, 1.807) is 0 Å². The van der Waals surface area contributed by atoms with E-state index in [0.717, 1.165) is 30.1 Å². The number of hydrogen-bond donors (Lipinski definition) is 0. The molecule has 1 aliphatic rings. The van der Waals surface area contributed by atoms with Crippen LogP contribution in [0.4, 0.5) is 0 Å². The Morgan fingerprint density at radius 3 is 1.62 bits per heavy atom. The van der Waals surface area contributed by atoms with Crippen LogP contribution in [0.25, 0.3) is 0 Å². The van der Waals surface area contributed by atoms with Crippen LogP contribution in [-0.2, 0) is 10.3 Å². The molecule has 2 nitrogen and oxygen atoms in total. The van der Waals surface area contributed by atoms with Crippen molar-refractivity contribution >= 4 is 69.7 Å². The second kappa shape index (κ2) is 6.89. The van der Waals surface area contributed by atoms with E-state index < -0.39 is 5.60 Å². The number of carbonyl (C=O) groups is 1. The van der Waals surface area contributed by atoms with Gasteiger partial charge in [0.2, 0.25) is 0 Å². The number of esters is 1. The SMILES string of the molecule is O=C1OC(c2ccccc2)(c2ccccc2)c2c(Br)c(Br)c(Br)c(Br)c21. The highest BCUT2D eigenvalue weighted by atomic mass is 79.9. The molecule has 3 aromatic carbocycles. The van der Waals surface area contributed by atoms with Gasteiger partial charge in [0.25, 0.3) is 0 Å². The first-order valence-corrected chi connectivity index (χ1v) is 10.9. The molecule has 1 aliphatic heterocycles. The number of hydrogen-bond acceptors (Lipinski definition) is 2. The Kier molecular flexibility index (Phi) is 4.88. The van der Waals surface area contributed by atoms with E-state index >= 15 is 0 Å². The highest BCUT2D eigenvalue weighted by Crippen LogP contribution is 2.55. The Bertz CT molecular complexity index is 978. The smallest absolute Gasteiger partial charge is 0.341 e. The van der Waals surface area contributed by atoms with Crippen molar-refractivity contribution in [3.63, 3.8) is 0 Å². The van der Waals surface area contributed by atoms with Crippen LogP contribution in [0.15, 0.2) is 78.6 Å². The molecule has 4 rings (SSSR count). The number of benzene rings is 3. The van der Waals surface area contributed by atoms with Gasteiger partial charge in [0.1, 0.15) is 0 Å². The minimum atomic E-state index is -1.03. The van der Waals surface area contributed by atoms with Crippen molar-refractivity contribution in [3.05, 3.63) is 101 Å². The van der Waals surface area contributed by atoms with E-state index in [1.807, 2.05) is 60.7 Å². The lowest BCUT2D eigenvalue weighted by Gasteiger charge is -2.31. The van der Waals surface area contributed by atoms with Crippen molar-refractivity contribution in [2.24, 2.45) is 0 Å². The Morgan fingerprint density at radius 1 is 0.654 bits per heavy atom. The summed E-state index contributed by atoms with van der Waals surface area (Å²) >= 11 is 14.4. The van der Waals surface area contributed by atoms with Gasteiger partial charge in [0.15, 0.2) is 5.60 Å². The third kappa shape index (κ3) is 2.57. The molecule has 0 saturated carbocycles. The molecule has 0 amide bonds. The van der Waals surface area contributed by atoms with Crippen LogP contribution in [0.2, 0.25) is 0 Å². The molecule has 0 radical (unpaired) electrons. The number of halogens is 4. The van der Waals surface area contributed by atoms with E-state index in [1.165, 1.54) is 0 Å². The lowest BCUT2D eigenvalue weighted by atomic mass is 9.80. The van der Waals surface area contributed by atoms with Gasteiger partial charge < -0.3 is 4.74 Å². The summed E-state index contributed by atoms with van der Waals surface area (Å²) in [6.07, 6.45) is 0. The predicted molar refractivity (Wildman–Crippen MR) is 115 cm³/mol. The number of fused-ring (bicyclic) bond motifs is 1. The Balaban J connectivity index is 2.18. The zero-order valence-corrected chi connectivity index (χ0v) is 19.4. The maximum absolute atomic E-state index is 13.0. The van der Waals surface area contributed by atoms with Crippen molar-refractivity contribution in [1.29, 1.82) is 0 Å². The first-order chi connectivity index (χ1) is 12.5. The van der Waals surface area contributed by atoms with Crippen LogP contribution in [-0.4, -0.2) is 5.97 Å². The van der Waals surface area contributed by atoms with Gasteiger partial charge in [-0.25, -0.2) is 4.79 Å². The van der Waals surface area contributed by atoms with Crippen LogP contribution in [0.3, 0.4) is 0 Å². The third-order valence-electron chi connectivity index (χ3n) is 4.43. The molecule has 0 fully saturated rings. The van der Waals surface area contributed by atoms with E-state index in [9.17, 15) is 4.79 Å². The largest absolute Gasteiger partial charge is 0.441 e. The zero-order valence-electron chi connectivity index (χ0n) is 13.1. The summed E-state index contributed by atoms with van der Waals surface area (Å²) in [5.41, 5.74) is 2.04. The number of carbonyl (C=O) groups excluding carboxylic acids is 1. The predicted octanol–water partition coefficient (Wildman–Crippen LogP) is 7.20. The average Bonchev–Trinajstić information content (AvgIpc) is 3.00. The highest BCUT2D eigenvalue weighted by molar-refractivity contribution is 9.15. The standard InChI is InChI=1S/C20H10Br4O2/c21-15-13-14(16(22)18(24)17(15)23)20(26-19(13)25,11-7-3-1-4-8-11)12-9-5-2-6-10-12/h1-10H. The second-order valence-corrected chi connectivity index (χ2v) is 8.98.